The number of carbonyl (C=O) groups is 2. The maximum atomic E-state index is 11.3. The van der Waals surface area contributed by atoms with Gasteiger partial charge in [-0.2, -0.15) is 0 Å². The van der Waals surface area contributed by atoms with Gasteiger partial charge in [0.1, 0.15) is 5.75 Å². The fourth-order valence-corrected chi connectivity index (χ4v) is 4.05. The van der Waals surface area contributed by atoms with Gasteiger partial charge in [-0.25, -0.2) is 0 Å². The molecule has 0 saturated heterocycles. The van der Waals surface area contributed by atoms with Crippen molar-refractivity contribution in [3.05, 3.63) is 23.8 Å². The van der Waals surface area contributed by atoms with Crippen molar-refractivity contribution < 1.29 is 27.9 Å². The van der Waals surface area contributed by atoms with Gasteiger partial charge in [0.2, 0.25) is 5.79 Å². The second-order valence-electron chi connectivity index (χ2n) is 6.05. The van der Waals surface area contributed by atoms with Gasteiger partial charge in [0.05, 0.1) is 6.61 Å². The van der Waals surface area contributed by atoms with Crippen molar-refractivity contribution in [1.29, 1.82) is 0 Å². The van der Waals surface area contributed by atoms with E-state index in [9.17, 15) is 9.59 Å². The molecule has 0 aromatic heterocycles. The topological polar surface area (TPSA) is 71.1 Å². The summed E-state index contributed by atoms with van der Waals surface area (Å²) in [5.41, 5.74) is 0.860. The third-order valence-corrected chi connectivity index (χ3v) is 5.74. The van der Waals surface area contributed by atoms with Crippen molar-refractivity contribution in [2.75, 3.05) is 0 Å². The summed E-state index contributed by atoms with van der Waals surface area (Å²) in [7, 11) is -2.62. The molecule has 1 aromatic carbocycles. The third kappa shape index (κ3) is 4.81. The molecule has 132 valence electrons. The standard InChI is InChI=1S/C17H24O6Si/c1-5-6-9-17(4)20-11-14-10-15(7-8-16(14)21-17)24(22-12(2)18)23-13(3)19/h7-8,10,24H,5-6,9,11H2,1-4H3. The lowest BCUT2D eigenvalue weighted by molar-refractivity contribution is -0.197. The molecule has 0 radical (unpaired) electrons. The molecule has 0 amide bonds. The average molecular weight is 352 g/mol. The maximum Gasteiger partial charge on any atom is 0.483 e. The molecule has 1 aromatic rings. The minimum atomic E-state index is -2.62. The van der Waals surface area contributed by atoms with E-state index in [-0.39, 0.29) is 0 Å². The summed E-state index contributed by atoms with van der Waals surface area (Å²) in [6.45, 7) is 7.07. The van der Waals surface area contributed by atoms with E-state index >= 15 is 0 Å². The van der Waals surface area contributed by atoms with Gasteiger partial charge in [-0.3, -0.25) is 9.59 Å². The van der Waals surface area contributed by atoms with Gasteiger partial charge in [-0.1, -0.05) is 19.4 Å². The molecule has 0 bridgehead atoms. The lowest BCUT2D eigenvalue weighted by atomic mass is 10.1. The first-order valence-corrected chi connectivity index (χ1v) is 9.65. The zero-order valence-electron chi connectivity index (χ0n) is 14.6. The molecule has 0 fully saturated rings. The van der Waals surface area contributed by atoms with Crippen LogP contribution in [0.25, 0.3) is 0 Å². The van der Waals surface area contributed by atoms with Crippen LogP contribution in [0.2, 0.25) is 0 Å². The molecule has 7 heteroatoms. The van der Waals surface area contributed by atoms with Crippen molar-refractivity contribution >= 4 is 26.4 Å². The molecule has 1 heterocycles. The highest BCUT2D eigenvalue weighted by Crippen LogP contribution is 2.33. The Morgan fingerprint density at radius 2 is 1.92 bits per heavy atom. The van der Waals surface area contributed by atoms with Crippen LogP contribution in [0.15, 0.2) is 18.2 Å². The van der Waals surface area contributed by atoms with Crippen LogP contribution in [0.4, 0.5) is 0 Å². The zero-order chi connectivity index (χ0) is 17.7. The number of ether oxygens (including phenoxy) is 2. The van der Waals surface area contributed by atoms with Gasteiger partial charge in [0, 0.05) is 37.9 Å². The SMILES string of the molecule is CCCCC1(C)OCc2cc([SiH](OC(C)=O)OC(C)=O)ccc2O1. The monoisotopic (exact) mass is 352 g/mol. The Bertz CT molecular complexity index is 601. The second kappa shape index (κ2) is 7.81. The van der Waals surface area contributed by atoms with Crippen molar-refractivity contribution in [1.82, 2.24) is 0 Å². The van der Waals surface area contributed by atoms with Gasteiger partial charge in [-0.15, -0.1) is 0 Å². The van der Waals surface area contributed by atoms with E-state index < -0.39 is 27.0 Å². The van der Waals surface area contributed by atoms with Crippen molar-refractivity contribution in [3.63, 3.8) is 0 Å². The van der Waals surface area contributed by atoms with Gasteiger partial charge in [-0.05, 0) is 18.6 Å². The molecule has 2 rings (SSSR count). The minimum absolute atomic E-state index is 0.407. The molecule has 0 N–H and O–H groups in total. The van der Waals surface area contributed by atoms with Crippen molar-refractivity contribution in [3.8, 4) is 5.75 Å². The van der Waals surface area contributed by atoms with E-state index in [0.29, 0.717) is 11.8 Å². The van der Waals surface area contributed by atoms with E-state index in [4.69, 9.17) is 18.3 Å². The number of unbranched alkanes of at least 4 members (excludes halogenated alkanes) is 1. The van der Waals surface area contributed by atoms with Crippen LogP contribution in [-0.4, -0.2) is 27.0 Å². The lowest BCUT2D eigenvalue weighted by Gasteiger charge is -2.36. The summed E-state index contributed by atoms with van der Waals surface area (Å²) in [6.07, 6.45) is 2.92. The predicted molar refractivity (Wildman–Crippen MR) is 90.1 cm³/mol. The largest absolute Gasteiger partial charge is 0.484 e. The predicted octanol–water partition coefficient (Wildman–Crippen LogP) is 2.06. The Hall–Kier alpha value is -1.86. The molecule has 1 aliphatic rings. The molecule has 0 spiro atoms. The molecule has 1 unspecified atom stereocenters. The normalized spacial score (nSPS) is 19.4. The van der Waals surface area contributed by atoms with Gasteiger partial charge in [0.15, 0.2) is 0 Å². The molecule has 24 heavy (non-hydrogen) atoms. The number of rotatable bonds is 6. The van der Waals surface area contributed by atoms with Crippen LogP contribution < -0.4 is 9.92 Å². The smallest absolute Gasteiger partial charge is 0.483 e. The second-order valence-corrected chi connectivity index (χ2v) is 7.85. The number of hydrogen-bond acceptors (Lipinski definition) is 6. The van der Waals surface area contributed by atoms with E-state index in [1.54, 1.807) is 6.07 Å². The highest BCUT2D eigenvalue weighted by Gasteiger charge is 2.33. The van der Waals surface area contributed by atoms with Crippen LogP contribution in [0.3, 0.4) is 0 Å². The third-order valence-electron chi connectivity index (χ3n) is 3.75. The molecular formula is C17H24O6Si. The van der Waals surface area contributed by atoms with Crippen LogP contribution in [0.5, 0.6) is 5.75 Å². The Balaban J connectivity index is 2.19. The number of hydrogen-bond donors (Lipinski definition) is 0. The first-order chi connectivity index (χ1) is 11.3. The molecule has 0 saturated carbocycles. The summed E-state index contributed by atoms with van der Waals surface area (Å²) < 4.78 is 22.3. The number of carbonyl (C=O) groups excluding carboxylic acids is 2. The Kier molecular flexibility index (Phi) is 6.01. The Labute approximate surface area is 143 Å². The lowest BCUT2D eigenvalue weighted by Crippen LogP contribution is -2.42. The average Bonchev–Trinajstić information content (AvgIpc) is 2.51. The van der Waals surface area contributed by atoms with Crippen molar-refractivity contribution in [2.24, 2.45) is 0 Å². The minimum Gasteiger partial charge on any atom is -0.484 e. The Morgan fingerprint density at radius 3 is 2.50 bits per heavy atom. The molecule has 1 atom stereocenters. The Morgan fingerprint density at radius 1 is 1.25 bits per heavy atom. The fourth-order valence-electron chi connectivity index (χ4n) is 2.53. The first kappa shape index (κ1) is 18.5. The van der Waals surface area contributed by atoms with Crippen LogP contribution in [-0.2, 0) is 29.8 Å². The van der Waals surface area contributed by atoms with Crippen molar-refractivity contribution in [2.45, 2.75) is 59.4 Å². The van der Waals surface area contributed by atoms with E-state index in [1.165, 1.54) is 13.8 Å². The van der Waals surface area contributed by atoms with Crippen LogP contribution in [0.1, 0.15) is 52.5 Å². The van der Waals surface area contributed by atoms with Gasteiger partial charge < -0.3 is 18.3 Å². The summed E-state index contributed by atoms with van der Waals surface area (Å²) in [5.74, 6) is -0.801. The van der Waals surface area contributed by atoms with E-state index in [1.807, 2.05) is 19.1 Å². The molecule has 1 aliphatic heterocycles. The summed E-state index contributed by atoms with van der Waals surface area (Å²) in [6, 6.07) is 5.44. The summed E-state index contributed by atoms with van der Waals surface area (Å²) in [4.78, 5) is 22.5. The highest BCUT2D eigenvalue weighted by molar-refractivity contribution is 6.64. The van der Waals surface area contributed by atoms with Gasteiger partial charge >= 0.3 is 9.28 Å². The number of benzene rings is 1. The summed E-state index contributed by atoms with van der Waals surface area (Å²) >= 11 is 0. The van der Waals surface area contributed by atoms with Crippen LogP contribution >= 0.6 is 0 Å². The molecule has 0 aliphatic carbocycles. The van der Waals surface area contributed by atoms with Crippen LogP contribution in [0, 0.1) is 0 Å². The molecule has 6 nitrogen and oxygen atoms in total. The number of fused-ring (bicyclic) bond motifs is 1. The fraction of sp³-hybridized carbons (Fsp3) is 0.529. The maximum absolute atomic E-state index is 11.3. The van der Waals surface area contributed by atoms with E-state index in [2.05, 4.69) is 6.92 Å². The highest BCUT2D eigenvalue weighted by atomic mass is 28.3. The zero-order valence-corrected chi connectivity index (χ0v) is 15.7. The first-order valence-electron chi connectivity index (χ1n) is 8.13. The molecular weight excluding hydrogens is 328 g/mol. The summed E-state index contributed by atoms with van der Waals surface area (Å²) in [5, 5.41) is 0.698. The quantitative estimate of drug-likeness (QED) is 0.730. The van der Waals surface area contributed by atoms with E-state index in [0.717, 1.165) is 30.6 Å². The van der Waals surface area contributed by atoms with Gasteiger partial charge in [0.25, 0.3) is 11.9 Å².